The van der Waals surface area contributed by atoms with Crippen LogP contribution in [0.4, 0.5) is 10.5 Å². The van der Waals surface area contributed by atoms with E-state index in [9.17, 15) is 9.59 Å². The topological polar surface area (TPSA) is 80.5 Å². The Morgan fingerprint density at radius 3 is 2.58 bits per heavy atom. The number of fused-ring (bicyclic) bond motifs is 1. The van der Waals surface area contributed by atoms with E-state index in [1.54, 1.807) is 0 Å². The molecule has 0 radical (unpaired) electrons. The summed E-state index contributed by atoms with van der Waals surface area (Å²) in [7, 11) is 4.05. The van der Waals surface area contributed by atoms with Crippen LogP contribution in [0.25, 0.3) is 10.9 Å². The minimum absolute atomic E-state index is 0.0509. The Balaban J connectivity index is 1.59. The highest BCUT2D eigenvalue weighted by Crippen LogP contribution is 2.31. The number of benzene rings is 2. The fourth-order valence-corrected chi connectivity index (χ4v) is 4.09. The fourth-order valence-electron chi connectivity index (χ4n) is 4.09. The van der Waals surface area contributed by atoms with E-state index in [4.69, 9.17) is 0 Å². The molecule has 2 heterocycles. The third kappa shape index (κ3) is 4.27. The van der Waals surface area contributed by atoms with E-state index in [2.05, 4.69) is 63.1 Å². The van der Waals surface area contributed by atoms with Gasteiger partial charge in [-0.05, 0) is 36.2 Å². The molecule has 7 heteroatoms. The van der Waals surface area contributed by atoms with Crippen molar-refractivity contribution >= 4 is 28.5 Å². The summed E-state index contributed by atoms with van der Waals surface area (Å²) < 4.78 is 0. The number of hydrogen-bond donors (Lipinski definition) is 3. The molecule has 1 aliphatic rings. The van der Waals surface area contributed by atoms with Crippen molar-refractivity contribution in [3.63, 3.8) is 0 Å². The molecule has 162 valence electrons. The molecule has 3 amide bonds. The number of carbonyl (C=O) groups is 2. The Bertz CT molecular complexity index is 1070. The molecule has 0 unspecified atom stereocenters. The first-order valence-electron chi connectivity index (χ1n) is 10.6. The van der Waals surface area contributed by atoms with Crippen molar-refractivity contribution in [1.82, 2.24) is 20.5 Å². The van der Waals surface area contributed by atoms with E-state index in [1.165, 1.54) is 21.4 Å². The van der Waals surface area contributed by atoms with Gasteiger partial charge in [0.05, 0.1) is 6.04 Å². The van der Waals surface area contributed by atoms with Crippen molar-refractivity contribution in [3.05, 3.63) is 65.9 Å². The second-order valence-electron chi connectivity index (χ2n) is 8.18. The molecule has 3 aromatic rings. The molecule has 3 N–H and O–H groups in total. The molecular formula is C24H29N5O2. The Morgan fingerprint density at radius 1 is 1.16 bits per heavy atom. The normalized spacial score (nSPS) is 15.7. The van der Waals surface area contributed by atoms with Crippen LogP contribution in [0.3, 0.4) is 0 Å². The number of carbonyl (C=O) groups excluding carboxylic acids is 2. The van der Waals surface area contributed by atoms with E-state index >= 15 is 0 Å². The molecule has 1 fully saturated rings. The lowest BCUT2D eigenvalue weighted by atomic mass is 9.90. The van der Waals surface area contributed by atoms with Crippen LogP contribution in [0, 0.1) is 0 Å². The number of aromatic amines is 1. The number of aromatic nitrogens is 1. The van der Waals surface area contributed by atoms with Crippen molar-refractivity contribution in [1.29, 1.82) is 0 Å². The van der Waals surface area contributed by atoms with Crippen LogP contribution in [0.1, 0.15) is 24.0 Å². The Morgan fingerprint density at radius 2 is 1.90 bits per heavy atom. The van der Waals surface area contributed by atoms with Gasteiger partial charge in [0.2, 0.25) is 5.91 Å². The maximum Gasteiger partial charge on any atom is 0.324 e. The molecule has 0 bridgehead atoms. The van der Waals surface area contributed by atoms with Crippen LogP contribution in [0.15, 0.2) is 54.7 Å². The third-order valence-corrected chi connectivity index (χ3v) is 5.93. The van der Waals surface area contributed by atoms with Crippen LogP contribution >= 0.6 is 0 Å². The molecule has 7 nitrogen and oxygen atoms in total. The monoisotopic (exact) mass is 419 g/mol. The van der Waals surface area contributed by atoms with Crippen LogP contribution in [-0.2, 0) is 4.79 Å². The van der Waals surface area contributed by atoms with E-state index in [0.29, 0.717) is 19.6 Å². The highest BCUT2D eigenvalue weighted by atomic mass is 16.2. The van der Waals surface area contributed by atoms with Gasteiger partial charge in [0.15, 0.2) is 0 Å². The molecule has 0 aliphatic carbocycles. The smallest absolute Gasteiger partial charge is 0.324 e. The van der Waals surface area contributed by atoms with Gasteiger partial charge in [0, 0.05) is 62.4 Å². The van der Waals surface area contributed by atoms with E-state index in [0.717, 1.165) is 11.2 Å². The van der Waals surface area contributed by atoms with Crippen LogP contribution < -0.4 is 15.5 Å². The highest BCUT2D eigenvalue weighted by molar-refractivity contribution is 5.98. The number of imide groups is 1. The highest BCUT2D eigenvalue weighted by Gasteiger charge is 2.30. The fraction of sp³-hybridized carbons (Fsp3) is 0.333. The molecule has 2 atom stereocenters. The van der Waals surface area contributed by atoms with E-state index < -0.39 is 6.04 Å². The van der Waals surface area contributed by atoms with Gasteiger partial charge in [0.1, 0.15) is 0 Å². The first-order chi connectivity index (χ1) is 15.0. The number of urea groups is 1. The summed E-state index contributed by atoms with van der Waals surface area (Å²) in [6, 6.07) is 16.0. The number of H-pyrrole nitrogens is 1. The molecule has 0 saturated carbocycles. The largest absolute Gasteiger partial charge is 0.378 e. The number of anilines is 1. The zero-order chi connectivity index (χ0) is 22.0. The van der Waals surface area contributed by atoms with Crippen molar-refractivity contribution in [2.45, 2.75) is 18.9 Å². The third-order valence-electron chi connectivity index (χ3n) is 5.93. The Hall–Kier alpha value is -3.32. The molecule has 31 heavy (non-hydrogen) atoms. The molecular weight excluding hydrogens is 390 g/mol. The van der Waals surface area contributed by atoms with Crippen molar-refractivity contribution < 1.29 is 9.59 Å². The summed E-state index contributed by atoms with van der Waals surface area (Å²) in [6.45, 7) is 3.32. The number of nitrogens with zero attached hydrogens (tertiary/aromatic N) is 2. The average molecular weight is 420 g/mol. The summed E-state index contributed by atoms with van der Waals surface area (Å²) in [5, 5.41) is 7.23. The zero-order valence-corrected chi connectivity index (χ0v) is 18.2. The molecule has 1 aromatic heterocycles. The van der Waals surface area contributed by atoms with Gasteiger partial charge in [-0.2, -0.15) is 0 Å². The lowest BCUT2D eigenvalue weighted by Crippen LogP contribution is -2.47. The molecule has 1 aliphatic heterocycles. The number of nitrogens with one attached hydrogen (secondary N) is 3. The van der Waals surface area contributed by atoms with Crippen molar-refractivity contribution in [3.8, 4) is 0 Å². The van der Waals surface area contributed by atoms with Crippen molar-refractivity contribution in [2.75, 3.05) is 38.6 Å². The number of para-hydroxylation sites is 1. The lowest BCUT2D eigenvalue weighted by molar-refractivity contribution is -0.129. The maximum absolute atomic E-state index is 12.7. The maximum atomic E-state index is 12.7. The standard InChI is InChI=1S/C24H29N5O2/c1-16(23(30)29-13-12-25-24(29)31)26-14-20(17-8-10-18(11-9-17)28(2)3)21-15-27-22-7-5-4-6-19(21)22/h4-11,15-16,20,26-27H,12-14H2,1-3H3,(H,25,31)/t16-,20+/m1/s1. The quantitative estimate of drug-likeness (QED) is 0.550. The summed E-state index contributed by atoms with van der Waals surface area (Å²) >= 11 is 0. The van der Waals surface area contributed by atoms with Crippen LogP contribution in [0.5, 0.6) is 0 Å². The summed E-state index contributed by atoms with van der Waals surface area (Å²) in [5.41, 5.74) is 4.57. The van der Waals surface area contributed by atoms with Gasteiger partial charge >= 0.3 is 6.03 Å². The Labute approximate surface area is 182 Å². The van der Waals surface area contributed by atoms with Gasteiger partial charge < -0.3 is 20.5 Å². The number of hydrogen-bond acceptors (Lipinski definition) is 4. The van der Waals surface area contributed by atoms with E-state index in [-0.39, 0.29) is 17.9 Å². The van der Waals surface area contributed by atoms with E-state index in [1.807, 2.05) is 33.2 Å². The summed E-state index contributed by atoms with van der Waals surface area (Å²) in [4.78, 5) is 31.3. The molecule has 0 spiro atoms. The Kier molecular flexibility index (Phi) is 5.95. The predicted octanol–water partition coefficient (Wildman–Crippen LogP) is 2.90. The molecule has 1 saturated heterocycles. The first kappa shape index (κ1) is 20.9. The SMILES string of the molecule is C[C@@H](NC[C@@H](c1ccc(N(C)C)cc1)c1c[nH]c2ccccc12)C(=O)N1CCNC1=O. The second-order valence-corrected chi connectivity index (χ2v) is 8.18. The van der Waals surface area contributed by atoms with Crippen molar-refractivity contribution in [2.24, 2.45) is 0 Å². The average Bonchev–Trinajstić information content (AvgIpc) is 3.40. The first-order valence-corrected chi connectivity index (χ1v) is 10.6. The van der Waals surface area contributed by atoms with Gasteiger partial charge in [-0.1, -0.05) is 30.3 Å². The van der Waals surface area contributed by atoms with Crippen LogP contribution in [-0.4, -0.2) is 61.6 Å². The minimum atomic E-state index is -0.461. The van der Waals surface area contributed by atoms with Gasteiger partial charge in [-0.25, -0.2) is 4.79 Å². The minimum Gasteiger partial charge on any atom is -0.378 e. The van der Waals surface area contributed by atoms with Gasteiger partial charge in [0.25, 0.3) is 0 Å². The molecule has 2 aromatic carbocycles. The van der Waals surface area contributed by atoms with Gasteiger partial charge in [-0.3, -0.25) is 9.69 Å². The predicted molar refractivity (Wildman–Crippen MR) is 123 cm³/mol. The lowest BCUT2D eigenvalue weighted by Gasteiger charge is -2.23. The summed E-state index contributed by atoms with van der Waals surface area (Å²) in [5.74, 6) is -0.148. The van der Waals surface area contributed by atoms with Gasteiger partial charge in [-0.15, -0.1) is 0 Å². The number of amides is 3. The number of rotatable bonds is 7. The molecule has 4 rings (SSSR count). The second kappa shape index (κ2) is 8.81. The van der Waals surface area contributed by atoms with Crippen LogP contribution in [0.2, 0.25) is 0 Å². The summed E-state index contributed by atoms with van der Waals surface area (Å²) in [6.07, 6.45) is 2.05. The zero-order valence-electron chi connectivity index (χ0n) is 18.2.